The van der Waals surface area contributed by atoms with Gasteiger partial charge in [0.05, 0.1) is 11.9 Å². The normalized spacial score (nSPS) is 10.1. The molecule has 16 heavy (non-hydrogen) atoms. The topological polar surface area (TPSA) is 63.8 Å². The van der Waals surface area contributed by atoms with E-state index >= 15 is 0 Å². The molecule has 1 aromatic carbocycles. The fourth-order valence-corrected chi connectivity index (χ4v) is 1.74. The molecule has 0 radical (unpaired) electrons. The van der Waals surface area contributed by atoms with Crippen LogP contribution in [0.1, 0.15) is 0 Å². The Morgan fingerprint density at radius 3 is 3.00 bits per heavy atom. The Kier molecular flexibility index (Phi) is 3.26. The van der Waals surface area contributed by atoms with Gasteiger partial charge in [-0.25, -0.2) is 9.97 Å². The molecule has 0 unspecified atom stereocenters. The first-order valence-corrected chi connectivity index (χ1v) is 5.98. The average Bonchev–Trinajstić information content (AvgIpc) is 2.32. The number of anilines is 3. The van der Waals surface area contributed by atoms with E-state index in [1.54, 1.807) is 18.0 Å². The number of nitrogens with two attached hydrogens (primary N) is 1. The Balaban J connectivity index is 2.24. The van der Waals surface area contributed by atoms with Gasteiger partial charge in [0.1, 0.15) is 6.33 Å². The van der Waals surface area contributed by atoms with Crippen LogP contribution in [0.3, 0.4) is 0 Å². The third-order valence-electron chi connectivity index (χ3n) is 2.07. The number of nitrogen functional groups attached to an aromatic ring is 1. The second-order valence-corrected chi connectivity index (χ2v) is 4.06. The molecule has 0 atom stereocenters. The van der Waals surface area contributed by atoms with Gasteiger partial charge in [-0.15, -0.1) is 11.8 Å². The highest BCUT2D eigenvalue weighted by Crippen LogP contribution is 2.23. The first-order valence-electron chi connectivity index (χ1n) is 4.76. The van der Waals surface area contributed by atoms with Crippen LogP contribution in [0, 0.1) is 0 Å². The van der Waals surface area contributed by atoms with Gasteiger partial charge in [0, 0.05) is 10.6 Å². The number of hydrogen-bond donors (Lipinski definition) is 2. The maximum absolute atomic E-state index is 5.75. The Labute approximate surface area is 98.3 Å². The molecule has 0 spiro atoms. The van der Waals surface area contributed by atoms with Gasteiger partial charge in [0.25, 0.3) is 0 Å². The van der Waals surface area contributed by atoms with E-state index in [0.717, 1.165) is 5.69 Å². The molecule has 0 aliphatic heterocycles. The highest BCUT2D eigenvalue weighted by atomic mass is 32.2. The van der Waals surface area contributed by atoms with Crippen LogP contribution in [0.5, 0.6) is 0 Å². The van der Waals surface area contributed by atoms with Gasteiger partial charge >= 0.3 is 0 Å². The fraction of sp³-hybridized carbons (Fsp3) is 0.0909. The van der Waals surface area contributed by atoms with Crippen molar-refractivity contribution in [1.82, 2.24) is 9.97 Å². The molecule has 82 valence electrons. The zero-order chi connectivity index (χ0) is 11.4. The van der Waals surface area contributed by atoms with Gasteiger partial charge in [-0.3, -0.25) is 0 Å². The molecule has 3 N–H and O–H groups in total. The third kappa shape index (κ3) is 2.43. The number of aromatic nitrogens is 2. The Hall–Kier alpha value is -1.75. The molecule has 0 saturated carbocycles. The molecule has 0 aliphatic carbocycles. The first-order chi connectivity index (χ1) is 7.79. The lowest BCUT2D eigenvalue weighted by Crippen LogP contribution is -1.99. The maximum atomic E-state index is 5.75. The van der Waals surface area contributed by atoms with Crippen molar-refractivity contribution in [3.63, 3.8) is 0 Å². The number of hydrogen-bond acceptors (Lipinski definition) is 5. The predicted molar refractivity (Wildman–Crippen MR) is 68.0 cm³/mol. The molecule has 5 heteroatoms. The highest BCUT2D eigenvalue weighted by molar-refractivity contribution is 7.98. The number of nitrogens with zero attached hydrogens (tertiary/aromatic N) is 2. The monoisotopic (exact) mass is 232 g/mol. The van der Waals surface area contributed by atoms with Crippen molar-refractivity contribution < 1.29 is 0 Å². The van der Waals surface area contributed by atoms with E-state index in [4.69, 9.17) is 5.73 Å². The van der Waals surface area contributed by atoms with Crippen LogP contribution < -0.4 is 11.1 Å². The SMILES string of the molecule is CSc1cccc(Nc2ncncc2N)c1. The summed E-state index contributed by atoms with van der Waals surface area (Å²) in [5, 5.41) is 3.16. The van der Waals surface area contributed by atoms with Crippen LogP contribution in [0.15, 0.2) is 41.7 Å². The lowest BCUT2D eigenvalue weighted by atomic mass is 10.3. The minimum Gasteiger partial charge on any atom is -0.394 e. The minimum absolute atomic E-state index is 0.539. The van der Waals surface area contributed by atoms with Crippen molar-refractivity contribution in [2.24, 2.45) is 0 Å². The van der Waals surface area contributed by atoms with Gasteiger partial charge in [-0.1, -0.05) is 6.07 Å². The van der Waals surface area contributed by atoms with Crippen molar-refractivity contribution in [2.45, 2.75) is 4.90 Å². The zero-order valence-electron chi connectivity index (χ0n) is 8.84. The fourth-order valence-electron chi connectivity index (χ4n) is 1.28. The van der Waals surface area contributed by atoms with Crippen molar-refractivity contribution in [2.75, 3.05) is 17.3 Å². The number of thioether (sulfide) groups is 1. The predicted octanol–water partition coefficient (Wildman–Crippen LogP) is 2.52. The summed E-state index contributed by atoms with van der Waals surface area (Å²) in [6, 6.07) is 8.07. The minimum atomic E-state index is 0.539. The second-order valence-electron chi connectivity index (χ2n) is 3.18. The van der Waals surface area contributed by atoms with Gasteiger partial charge in [0.15, 0.2) is 5.82 Å². The summed E-state index contributed by atoms with van der Waals surface area (Å²) < 4.78 is 0. The molecular weight excluding hydrogens is 220 g/mol. The third-order valence-corrected chi connectivity index (χ3v) is 2.80. The molecule has 2 aromatic rings. The summed E-state index contributed by atoms with van der Waals surface area (Å²) in [4.78, 5) is 9.11. The second kappa shape index (κ2) is 4.85. The van der Waals surface area contributed by atoms with E-state index in [0.29, 0.717) is 11.5 Å². The molecule has 0 fully saturated rings. The summed E-state index contributed by atoms with van der Waals surface area (Å²) in [7, 11) is 0. The largest absolute Gasteiger partial charge is 0.394 e. The molecule has 2 rings (SSSR count). The van der Waals surface area contributed by atoms with Gasteiger partial charge < -0.3 is 11.1 Å². The van der Waals surface area contributed by atoms with Crippen LogP contribution >= 0.6 is 11.8 Å². The molecule has 0 aliphatic rings. The Bertz CT molecular complexity index is 487. The first kappa shape index (κ1) is 10.8. The number of rotatable bonds is 3. The maximum Gasteiger partial charge on any atom is 0.157 e. The summed E-state index contributed by atoms with van der Waals surface area (Å²) >= 11 is 1.69. The Morgan fingerprint density at radius 1 is 1.38 bits per heavy atom. The highest BCUT2D eigenvalue weighted by Gasteiger charge is 2.00. The quantitative estimate of drug-likeness (QED) is 0.796. The van der Waals surface area contributed by atoms with Crippen molar-refractivity contribution in [3.8, 4) is 0 Å². The molecule has 1 heterocycles. The molecule has 0 amide bonds. The van der Waals surface area contributed by atoms with Crippen LogP contribution in [-0.2, 0) is 0 Å². The summed E-state index contributed by atoms with van der Waals surface area (Å²) in [5.41, 5.74) is 7.25. The average molecular weight is 232 g/mol. The summed E-state index contributed by atoms with van der Waals surface area (Å²) in [6.45, 7) is 0. The summed E-state index contributed by atoms with van der Waals surface area (Å²) in [5.74, 6) is 0.633. The van der Waals surface area contributed by atoms with Gasteiger partial charge in [-0.2, -0.15) is 0 Å². The molecule has 0 bridgehead atoms. The van der Waals surface area contributed by atoms with E-state index in [-0.39, 0.29) is 0 Å². The zero-order valence-corrected chi connectivity index (χ0v) is 9.66. The van der Waals surface area contributed by atoms with Crippen molar-refractivity contribution in [3.05, 3.63) is 36.8 Å². The lowest BCUT2D eigenvalue weighted by molar-refractivity contribution is 1.17. The molecular formula is C11H12N4S. The van der Waals surface area contributed by atoms with Crippen LogP contribution in [0.4, 0.5) is 17.2 Å². The van der Waals surface area contributed by atoms with Crippen LogP contribution in [0.25, 0.3) is 0 Å². The van der Waals surface area contributed by atoms with Crippen molar-refractivity contribution in [1.29, 1.82) is 0 Å². The van der Waals surface area contributed by atoms with Crippen LogP contribution in [0.2, 0.25) is 0 Å². The van der Waals surface area contributed by atoms with E-state index in [1.165, 1.54) is 11.2 Å². The smallest absolute Gasteiger partial charge is 0.157 e. The molecule has 4 nitrogen and oxygen atoms in total. The lowest BCUT2D eigenvalue weighted by Gasteiger charge is -2.08. The van der Waals surface area contributed by atoms with Gasteiger partial charge in [0.2, 0.25) is 0 Å². The van der Waals surface area contributed by atoms with Gasteiger partial charge in [-0.05, 0) is 24.5 Å². The van der Waals surface area contributed by atoms with E-state index in [2.05, 4.69) is 21.4 Å². The van der Waals surface area contributed by atoms with E-state index in [1.807, 2.05) is 24.5 Å². The molecule has 1 aromatic heterocycles. The standard InChI is InChI=1S/C11H12N4S/c1-16-9-4-2-3-8(5-9)15-11-10(12)6-13-7-14-11/h2-7H,12H2,1H3,(H,13,14,15). The van der Waals surface area contributed by atoms with E-state index < -0.39 is 0 Å². The van der Waals surface area contributed by atoms with Crippen molar-refractivity contribution >= 4 is 29.0 Å². The van der Waals surface area contributed by atoms with E-state index in [9.17, 15) is 0 Å². The van der Waals surface area contributed by atoms with Crippen LogP contribution in [-0.4, -0.2) is 16.2 Å². The Morgan fingerprint density at radius 2 is 2.25 bits per heavy atom. The molecule has 0 saturated heterocycles. The number of benzene rings is 1. The number of nitrogens with one attached hydrogen (secondary N) is 1. The summed E-state index contributed by atoms with van der Waals surface area (Å²) in [6.07, 6.45) is 5.09.